The standard InChI is InChI=1S/C16H33N3O2S.HI/c1-3-17-16(19-13-14-22(20,21)4-2)18-12-8-7-11-15-9-5-6-10-15;/h15H,3-14H2,1-2H3,(H2,17,18,19);1H. The van der Waals surface area contributed by atoms with E-state index in [2.05, 4.69) is 15.6 Å². The summed E-state index contributed by atoms with van der Waals surface area (Å²) in [4.78, 5) is 4.52. The first-order valence-electron chi connectivity index (χ1n) is 8.80. The maximum Gasteiger partial charge on any atom is 0.191 e. The van der Waals surface area contributed by atoms with E-state index in [9.17, 15) is 8.42 Å². The van der Waals surface area contributed by atoms with Crippen LogP contribution in [0.25, 0.3) is 0 Å². The summed E-state index contributed by atoms with van der Waals surface area (Å²) < 4.78 is 22.9. The topological polar surface area (TPSA) is 70.6 Å². The average molecular weight is 459 g/mol. The molecule has 0 amide bonds. The summed E-state index contributed by atoms with van der Waals surface area (Å²) in [6, 6.07) is 0. The summed E-state index contributed by atoms with van der Waals surface area (Å²) in [5.74, 6) is 2.04. The number of nitrogens with zero attached hydrogens (tertiary/aromatic N) is 1. The Kier molecular flexibility index (Phi) is 13.2. The first-order valence-corrected chi connectivity index (χ1v) is 10.6. The second-order valence-electron chi connectivity index (χ2n) is 6.07. The molecule has 23 heavy (non-hydrogen) atoms. The highest BCUT2D eigenvalue weighted by Gasteiger charge is 2.13. The van der Waals surface area contributed by atoms with E-state index < -0.39 is 9.84 Å². The van der Waals surface area contributed by atoms with Gasteiger partial charge in [0.15, 0.2) is 15.8 Å². The number of hydrogen-bond acceptors (Lipinski definition) is 3. The maximum absolute atomic E-state index is 11.5. The van der Waals surface area contributed by atoms with Gasteiger partial charge < -0.3 is 10.6 Å². The monoisotopic (exact) mass is 459 g/mol. The van der Waals surface area contributed by atoms with Gasteiger partial charge in [-0.2, -0.15) is 0 Å². The van der Waals surface area contributed by atoms with Gasteiger partial charge in [0.05, 0.1) is 5.75 Å². The molecular weight excluding hydrogens is 425 g/mol. The minimum Gasteiger partial charge on any atom is -0.357 e. The molecule has 1 aliphatic carbocycles. The van der Waals surface area contributed by atoms with Crippen molar-refractivity contribution in [2.24, 2.45) is 10.9 Å². The summed E-state index contributed by atoms with van der Waals surface area (Å²) in [5, 5.41) is 6.27. The van der Waals surface area contributed by atoms with Gasteiger partial charge in [0, 0.05) is 25.4 Å². The highest BCUT2D eigenvalue weighted by Crippen LogP contribution is 2.28. The zero-order valence-corrected chi connectivity index (χ0v) is 17.8. The molecular formula is C16H34IN3O2S. The van der Waals surface area contributed by atoms with Crippen molar-refractivity contribution < 1.29 is 8.42 Å². The van der Waals surface area contributed by atoms with Crippen molar-refractivity contribution in [3.8, 4) is 0 Å². The Hall–Kier alpha value is -0.0500. The van der Waals surface area contributed by atoms with E-state index in [0.717, 1.165) is 31.4 Å². The van der Waals surface area contributed by atoms with E-state index in [1.165, 1.54) is 38.5 Å². The normalized spacial score (nSPS) is 16.2. The average Bonchev–Trinajstić information content (AvgIpc) is 3.00. The molecule has 0 radical (unpaired) electrons. The molecule has 0 aromatic carbocycles. The molecule has 0 bridgehead atoms. The van der Waals surface area contributed by atoms with Crippen LogP contribution in [0.5, 0.6) is 0 Å². The van der Waals surface area contributed by atoms with Gasteiger partial charge in [-0.25, -0.2) is 8.42 Å². The molecule has 138 valence electrons. The Balaban J connectivity index is 0.00000484. The van der Waals surface area contributed by atoms with E-state index in [4.69, 9.17) is 0 Å². The zero-order valence-electron chi connectivity index (χ0n) is 14.6. The fraction of sp³-hybridized carbons (Fsp3) is 0.938. The Bertz CT molecular complexity index is 421. The molecule has 1 fully saturated rings. The van der Waals surface area contributed by atoms with Crippen LogP contribution in [0.1, 0.15) is 58.8 Å². The van der Waals surface area contributed by atoms with Crippen LogP contribution in [0, 0.1) is 5.92 Å². The molecule has 0 atom stereocenters. The number of unbranched alkanes of at least 4 members (excludes halogenated alkanes) is 1. The molecule has 2 N–H and O–H groups in total. The van der Waals surface area contributed by atoms with Crippen molar-refractivity contribution in [2.75, 3.05) is 31.1 Å². The quantitative estimate of drug-likeness (QED) is 0.228. The summed E-state index contributed by atoms with van der Waals surface area (Å²) in [5.41, 5.74) is 0. The predicted octanol–water partition coefficient (Wildman–Crippen LogP) is 2.95. The molecule has 1 saturated carbocycles. The molecule has 0 heterocycles. The first kappa shape index (κ1) is 22.9. The van der Waals surface area contributed by atoms with Gasteiger partial charge in [-0.05, 0) is 19.3 Å². The first-order chi connectivity index (χ1) is 10.6. The smallest absolute Gasteiger partial charge is 0.191 e. The zero-order chi connectivity index (χ0) is 16.3. The largest absolute Gasteiger partial charge is 0.357 e. The number of sulfone groups is 1. The van der Waals surface area contributed by atoms with Crippen molar-refractivity contribution in [3.05, 3.63) is 0 Å². The van der Waals surface area contributed by atoms with E-state index in [-0.39, 0.29) is 35.5 Å². The highest BCUT2D eigenvalue weighted by atomic mass is 127. The third kappa shape index (κ3) is 11.2. The number of aliphatic imine (C=N–C) groups is 1. The Morgan fingerprint density at radius 3 is 2.43 bits per heavy atom. The minimum absolute atomic E-state index is 0. The third-order valence-corrected chi connectivity index (χ3v) is 5.96. The van der Waals surface area contributed by atoms with Crippen LogP contribution >= 0.6 is 24.0 Å². The van der Waals surface area contributed by atoms with Crippen LogP contribution in [-0.2, 0) is 9.84 Å². The van der Waals surface area contributed by atoms with Gasteiger partial charge in [0.1, 0.15) is 0 Å². The van der Waals surface area contributed by atoms with Crippen LogP contribution in [0.2, 0.25) is 0 Å². The van der Waals surface area contributed by atoms with Crippen LogP contribution in [0.3, 0.4) is 0 Å². The van der Waals surface area contributed by atoms with Crippen molar-refractivity contribution in [3.63, 3.8) is 0 Å². The molecule has 1 aliphatic rings. The number of halogens is 1. The molecule has 0 aromatic heterocycles. The summed E-state index contributed by atoms with van der Waals surface area (Å²) in [6.07, 6.45) is 9.36. The van der Waals surface area contributed by atoms with Gasteiger partial charge in [0.2, 0.25) is 0 Å². The van der Waals surface area contributed by atoms with Crippen LogP contribution < -0.4 is 10.6 Å². The van der Waals surface area contributed by atoms with Crippen molar-refractivity contribution in [2.45, 2.75) is 58.8 Å². The van der Waals surface area contributed by atoms with E-state index in [0.29, 0.717) is 6.54 Å². The van der Waals surface area contributed by atoms with Crippen LogP contribution in [0.15, 0.2) is 4.99 Å². The summed E-state index contributed by atoms with van der Waals surface area (Å²) >= 11 is 0. The SMILES string of the molecule is CCNC(=NCCCCC1CCCC1)NCCS(=O)(=O)CC.I. The second kappa shape index (κ2) is 13.3. The second-order valence-corrected chi connectivity index (χ2v) is 8.54. The number of hydrogen-bond donors (Lipinski definition) is 2. The minimum atomic E-state index is -2.91. The summed E-state index contributed by atoms with van der Waals surface area (Å²) in [6.45, 7) is 5.71. The Morgan fingerprint density at radius 2 is 1.83 bits per heavy atom. The number of nitrogens with one attached hydrogen (secondary N) is 2. The molecule has 5 nitrogen and oxygen atoms in total. The van der Waals surface area contributed by atoms with E-state index in [1.807, 2.05) is 6.92 Å². The Labute approximate surface area is 159 Å². The van der Waals surface area contributed by atoms with Crippen molar-refractivity contribution in [1.82, 2.24) is 10.6 Å². The number of guanidine groups is 1. The molecule has 0 spiro atoms. The van der Waals surface area contributed by atoms with Crippen molar-refractivity contribution in [1.29, 1.82) is 0 Å². The van der Waals surface area contributed by atoms with E-state index >= 15 is 0 Å². The lowest BCUT2D eigenvalue weighted by molar-refractivity contribution is 0.475. The van der Waals surface area contributed by atoms with Crippen LogP contribution in [0.4, 0.5) is 0 Å². The van der Waals surface area contributed by atoms with Gasteiger partial charge in [-0.1, -0.05) is 45.4 Å². The molecule has 0 saturated heterocycles. The fourth-order valence-corrected chi connectivity index (χ4v) is 3.55. The predicted molar refractivity (Wildman–Crippen MR) is 110 cm³/mol. The lowest BCUT2D eigenvalue weighted by atomic mass is 10.0. The van der Waals surface area contributed by atoms with Gasteiger partial charge in [-0.3, -0.25) is 4.99 Å². The molecule has 1 rings (SSSR count). The summed E-state index contributed by atoms with van der Waals surface area (Å²) in [7, 11) is -2.91. The molecule has 0 aromatic rings. The van der Waals surface area contributed by atoms with Crippen molar-refractivity contribution >= 4 is 39.8 Å². The lowest BCUT2D eigenvalue weighted by Crippen LogP contribution is -2.39. The number of rotatable bonds is 10. The molecule has 0 unspecified atom stereocenters. The highest BCUT2D eigenvalue weighted by molar-refractivity contribution is 14.0. The van der Waals surface area contributed by atoms with Crippen LogP contribution in [-0.4, -0.2) is 45.5 Å². The molecule has 0 aliphatic heterocycles. The third-order valence-electron chi connectivity index (χ3n) is 4.25. The lowest BCUT2D eigenvalue weighted by Gasteiger charge is -2.11. The van der Waals surface area contributed by atoms with E-state index in [1.54, 1.807) is 6.92 Å². The molecule has 7 heteroatoms. The Morgan fingerprint density at radius 1 is 1.13 bits per heavy atom. The fourth-order valence-electron chi connectivity index (χ4n) is 2.85. The van der Waals surface area contributed by atoms with Gasteiger partial charge in [-0.15, -0.1) is 24.0 Å². The maximum atomic E-state index is 11.5. The van der Waals surface area contributed by atoms with Gasteiger partial charge >= 0.3 is 0 Å². The van der Waals surface area contributed by atoms with Gasteiger partial charge in [0.25, 0.3) is 0 Å².